The molecule has 0 saturated heterocycles. The minimum absolute atomic E-state index is 0.193. The Bertz CT molecular complexity index is 320. The highest BCUT2D eigenvalue weighted by molar-refractivity contribution is 5.68. The molecule has 82 valence electrons. The molecule has 0 aliphatic rings. The van der Waals surface area contributed by atoms with E-state index < -0.39 is 0 Å². The van der Waals surface area contributed by atoms with Crippen LogP contribution in [0.1, 0.15) is 25.8 Å². The second kappa shape index (κ2) is 6.06. The molecule has 0 saturated carbocycles. The average Bonchev–Trinajstić information content (AvgIpc) is 2.28. The Balaban J connectivity index is 2.62. The van der Waals surface area contributed by atoms with E-state index in [4.69, 9.17) is 9.47 Å². The van der Waals surface area contributed by atoms with E-state index in [1.807, 2.05) is 31.2 Å². The monoisotopic (exact) mass is 208 g/mol. The van der Waals surface area contributed by atoms with Crippen LogP contribution in [0.4, 0.5) is 0 Å². The molecule has 0 heterocycles. The van der Waals surface area contributed by atoms with Crippen molar-refractivity contribution in [2.75, 3.05) is 6.61 Å². The number of para-hydroxylation sites is 1. The standard InChI is InChI=1S/C12H16O3/c1-3-12(13)15-9-10-7-5-6-8-11(10)14-4-2/h5-8H,3-4,9H2,1-2H3. The van der Waals surface area contributed by atoms with Gasteiger partial charge in [-0.1, -0.05) is 25.1 Å². The van der Waals surface area contributed by atoms with Gasteiger partial charge in [0.05, 0.1) is 6.61 Å². The molecule has 15 heavy (non-hydrogen) atoms. The molecule has 1 aromatic carbocycles. The Morgan fingerprint density at radius 2 is 2.00 bits per heavy atom. The van der Waals surface area contributed by atoms with Gasteiger partial charge in [0.2, 0.25) is 0 Å². The molecule has 0 unspecified atom stereocenters. The van der Waals surface area contributed by atoms with Crippen molar-refractivity contribution >= 4 is 5.97 Å². The zero-order chi connectivity index (χ0) is 11.1. The molecule has 3 nitrogen and oxygen atoms in total. The molecule has 0 bridgehead atoms. The van der Waals surface area contributed by atoms with Gasteiger partial charge in [0.1, 0.15) is 12.4 Å². The Kier molecular flexibility index (Phi) is 4.68. The molecule has 0 N–H and O–H groups in total. The Morgan fingerprint density at radius 3 is 2.67 bits per heavy atom. The van der Waals surface area contributed by atoms with Crippen molar-refractivity contribution in [3.8, 4) is 5.75 Å². The summed E-state index contributed by atoms with van der Waals surface area (Å²) in [5.74, 6) is 0.588. The summed E-state index contributed by atoms with van der Waals surface area (Å²) in [6.07, 6.45) is 0.400. The fourth-order valence-electron chi connectivity index (χ4n) is 1.18. The number of carbonyl (C=O) groups is 1. The van der Waals surface area contributed by atoms with Crippen LogP contribution in [0.5, 0.6) is 5.75 Å². The van der Waals surface area contributed by atoms with Crippen LogP contribution in [-0.2, 0) is 16.1 Å². The van der Waals surface area contributed by atoms with Gasteiger partial charge in [-0.25, -0.2) is 0 Å². The van der Waals surface area contributed by atoms with E-state index in [-0.39, 0.29) is 12.6 Å². The predicted octanol–water partition coefficient (Wildman–Crippen LogP) is 2.54. The summed E-state index contributed by atoms with van der Waals surface area (Å²) in [5.41, 5.74) is 0.904. The number of esters is 1. The second-order valence-electron chi connectivity index (χ2n) is 3.05. The van der Waals surface area contributed by atoms with Crippen LogP contribution < -0.4 is 4.74 Å². The van der Waals surface area contributed by atoms with E-state index in [1.165, 1.54) is 0 Å². The van der Waals surface area contributed by atoms with Crippen LogP contribution in [-0.4, -0.2) is 12.6 Å². The van der Waals surface area contributed by atoms with Gasteiger partial charge in [-0.05, 0) is 13.0 Å². The van der Waals surface area contributed by atoms with Crippen LogP contribution >= 0.6 is 0 Å². The first-order chi connectivity index (χ1) is 7.27. The van der Waals surface area contributed by atoms with Gasteiger partial charge < -0.3 is 9.47 Å². The minimum Gasteiger partial charge on any atom is -0.493 e. The highest BCUT2D eigenvalue weighted by Gasteiger charge is 2.04. The first-order valence-electron chi connectivity index (χ1n) is 5.14. The lowest BCUT2D eigenvalue weighted by Crippen LogP contribution is -2.04. The normalized spacial score (nSPS) is 9.73. The topological polar surface area (TPSA) is 35.5 Å². The van der Waals surface area contributed by atoms with Gasteiger partial charge in [0.15, 0.2) is 0 Å². The highest BCUT2D eigenvalue weighted by Crippen LogP contribution is 2.18. The quantitative estimate of drug-likeness (QED) is 0.697. The van der Waals surface area contributed by atoms with E-state index in [0.29, 0.717) is 13.0 Å². The molecule has 3 heteroatoms. The van der Waals surface area contributed by atoms with Crippen molar-refractivity contribution in [2.24, 2.45) is 0 Å². The van der Waals surface area contributed by atoms with E-state index >= 15 is 0 Å². The zero-order valence-electron chi connectivity index (χ0n) is 9.16. The Labute approximate surface area is 90.0 Å². The third-order valence-electron chi connectivity index (χ3n) is 1.95. The Morgan fingerprint density at radius 1 is 1.27 bits per heavy atom. The van der Waals surface area contributed by atoms with Gasteiger partial charge in [0, 0.05) is 12.0 Å². The van der Waals surface area contributed by atoms with Gasteiger partial charge >= 0.3 is 5.97 Å². The predicted molar refractivity (Wildman–Crippen MR) is 57.7 cm³/mol. The molecule has 0 amide bonds. The molecule has 0 radical (unpaired) electrons. The van der Waals surface area contributed by atoms with Crippen LogP contribution in [0.2, 0.25) is 0 Å². The molecule has 0 aromatic heterocycles. The molecule has 0 atom stereocenters. The third-order valence-corrected chi connectivity index (χ3v) is 1.95. The summed E-state index contributed by atoms with van der Waals surface area (Å²) >= 11 is 0. The van der Waals surface area contributed by atoms with E-state index in [1.54, 1.807) is 6.92 Å². The van der Waals surface area contributed by atoms with Crippen molar-refractivity contribution in [1.29, 1.82) is 0 Å². The SMILES string of the molecule is CCOc1ccccc1COC(=O)CC. The van der Waals surface area contributed by atoms with Crippen LogP contribution in [0.15, 0.2) is 24.3 Å². The number of ether oxygens (including phenoxy) is 2. The number of carbonyl (C=O) groups excluding carboxylic acids is 1. The molecule has 1 aromatic rings. The molecule has 0 spiro atoms. The number of hydrogen-bond donors (Lipinski definition) is 0. The summed E-state index contributed by atoms with van der Waals surface area (Å²) in [5, 5.41) is 0. The summed E-state index contributed by atoms with van der Waals surface area (Å²) in [6.45, 7) is 4.59. The van der Waals surface area contributed by atoms with Crippen molar-refractivity contribution in [3.63, 3.8) is 0 Å². The lowest BCUT2D eigenvalue weighted by molar-refractivity contribution is -0.144. The number of rotatable bonds is 5. The van der Waals surface area contributed by atoms with Crippen LogP contribution in [0, 0.1) is 0 Å². The van der Waals surface area contributed by atoms with Gasteiger partial charge in [0.25, 0.3) is 0 Å². The van der Waals surface area contributed by atoms with E-state index in [9.17, 15) is 4.79 Å². The van der Waals surface area contributed by atoms with Gasteiger partial charge in [-0.15, -0.1) is 0 Å². The molecular formula is C12H16O3. The van der Waals surface area contributed by atoms with Crippen molar-refractivity contribution < 1.29 is 14.3 Å². The molecular weight excluding hydrogens is 192 g/mol. The lowest BCUT2D eigenvalue weighted by Gasteiger charge is -2.09. The fraction of sp³-hybridized carbons (Fsp3) is 0.417. The summed E-state index contributed by atoms with van der Waals surface area (Å²) in [4.78, 5) is 11.0. The molecule has 0 aliphatic heterocycles. The van der Waals surface area contributed by atoms with Gasteiger partial charge in [-0.2, -0.15) is 0 Å². The third kappa shape index (κ3) is 3.62. The van der Waals surface area contributed by atoms with E-state index in [0.717, 1.165) is 11.3 Å². The van der Waals surface area contributed by atoms with Gasteiger partial charge in [-0.3, -0.25) is 4.79 Å². The van der Waals surface area contributed by atoms with Crippen molar-refractivity contribution in [2.45, 2.75) is 26.9 Å². The summed E-state index contributed by atoms with van der Waals surface area (Å²) < 4.78 is 10.5. The van der Waals surface area contributed by atoms with Crippen molar-refractivity contribution in [1.82, 2.24) is 0 Å². The summed E-state index contributed by atoms with van der Waals surface area (Å²) in [7, 11) is 0. The average molecular weight is 208 g/mol. The van der Waals surface area contributed by atoms with Crippen LogP contribution in [0.25, 0.3) is 0 Å². The zero-order valence-corrected chi connectivity index (χ0v) is 9.16. The smallest absolute Gasteiger partial charge is 0.305 e. The fourth-order valence-corrected chi connectivity index (χ4v) is 1.18. The minimum atomic E-state index is -0.193. The second-order valence-corrected chi connectivity index (χ2v) is 3.05. The van der Waals surface area contributed by atoms with E-state index in [2.05, 4.69) is 0 Å². The lowest BCUT2D eigenvalue weighted by atomic mass is 10.2. The Hall–Kier alpha value is -1.51. The van der Waals surface area contributed by atoms with Crippen LogP contribution in [0.3, 0.4) is 0 Å². The number of hydrogen-bond acceptors (Lipinski definition) is 3. The maximum Gasteiger partial charge on any atom is 0.305 e. The summed E-state index contributed by atoms with van der Waals surface area (Å²) in [6, 6.07) is 7.57. The van der Waals surface area contributed by atoms with Crippen molar-refractivity contribution in [3.05, 3.63) is 29.8 Å². The molecule has 0 fully saturated rings. The highest BCUT2D eigenvalue weighted by atomic mass is 16.5. The first kappa shape index (κ1) is 11.6. The number of benzene rings is 1. The maximum absolute atomic E-state index is 11.0. The molecule has 1 rings (SSSR count). The maximum atomic E-state index is 11.0. The molecule has 0 aliphatic carbocycles. The first-order valence-corrected chi connectivity index (χ1v) is 5.14. The largest absolute Gasteiger partial charge is 0.493 e.